The zero-order valence-electron chi connectivity index (χ0n) is 18.8. The summed E-state index contributed by atoms with van der Waals surface area (Å²) in [6.07, 6.45) is 7.60. The smallest absolute Gasteiger partial charge is 0.123 e. The molecule has 0 radical (unpaired) electrons. The molecule has 0 atom stereocenters. The molecule has 0 spiro atoms. The maximum Gasteiger partial charge on any atom is 0.123 e. The second-order valence-electron chi connectivity index (χ2n) is 8.68. The molecule has 1 aliphatic rings. The van der Waals surface area contributed by atoms with E-state index in [1.807, 2.05) is 36.4 Å². The molecule has 0 saturated carbocycles. The Kier molecular flexibility index (Phi) is 8.53. The molecular formula is C27H31F2N3O. The van der Waals surface area contributed by atoms with Gasteiger partial charge in [-0.3, -0.25) is 9.82 Å². The zero-order chi connectivity index (χ0) is 22.9. The van der Waals surface area contributed by atoms with E-state index in [2.05, 4.69) is 15.4 Å². The van der Waals surface area contributed by atoms with Gasteiger partial charge >= 0.3 is 0 Å². The van der Waals surface area contributed by atoms with E-state index in [-0.39, 0.29) is 17.6 Å². The standard InChI is InChI=1S/C27H31F2N3O/c28-24-7-3-22(4-8-24)27(23-5-9-25(29)10-6-23)2-1-17-32-18-13-26(14-19-32)31-33-20-21-11-15-30-16-12-21/h3-12,15-16,26-27,31H,1-2,13-14,17-20H2. The highest BCUT2D eigenvalue weighted by Crippen LogP contribution is 2.30. The quantitative estimate of drug-likeness (QED) is 0.416. The summed E-state index contributed by atoms with van der Waals surface area (Å²) in [6, 6.07) is 17.6. The Morgan fingerprint density at radius 2 is 1.45 bits per heavy atom. The highest BCUT2D eigenvalue weighted by atomic mass is 19.1. The molecule has 33 heavy (non-hydrogen) atoms. The van der Waals surface area contributed by atoms with Gasteiger partial charge in [0.25, 0.3) is 0 Å². The van der Waals surface area contributed by atoms with Gasteiger partial charge in [-0.2, -0.15) is 5.48 Å². The predicted molar refractivity (Wildman–Crippen MR) is 126 cm³/mol. The van der Waals surface area contributed by atoms with Crippen LogP contribution in [-0.4, -0.2) is 35.6 Å². The summed E-state index contributed by atoms with van der Waals surface area (Å²) in [6.45, 7) is 3.63. The van der Waals surface area contributed by atoms with E-state index in [1.54, 1.807) is 12.4 Å². The van der Waals surface area contributed by atoms with Gasteiger partial charge in [-0.05, 0) is 98.4 Å². The number of hydrogen-bond donors (Lipinski definition) is 1. The predicted octanol–water partition coefficient (Wildman–Crippen LogP) is 5.46. The summed E-state index contributed by atoms with van der Waals surface area (Å²) < 4.78 is 26.8. The van der Waals surface area contributed by atoms with Gasteiger partial charge in [-0.1, -0.05) is 24.3 Å². The maximum absolute atomic E-state index is 13.4. The van der Waals surface area contributed by atoms with Crippen LogP contribution in [0.25, 0.3) is 0 Å². The normalized spacial score (nSPS) is 15.2. The number of aromatic nitrogens is 1. The highest BCUT2D eigenvalue weighted by molar-refractivity contribution is 5.32. The van der Waals surface area contributed by atoms with Crippen LogP contribution in [0.1, 0.15) is 48.3 Å². The second kappa shape index (κ2) is 12.0. The second-order valence-corrected chi connectivity index (χ2v) is 8.68. The molecule has 0 aliphatic carbocycles. The van der Waals surface area contributed by atoms with Crippen molar-refractivity contribution in [2.24, 2.45) is 0 Å². The molecule has 174 valence electrons. The minimum atomic E-state index is -0.238. The third kappa shape index (κ3) is 7.16. The molecular weight excluding hydrogens is 420 g/mol. The minimum absolute atomic E-state index is 0.131. The number of halogens is 2. The van der Waals surface area contributed by atoms with Crippen LogP contribution in [-0.2, 0) is 11.4 Å². The van der Waals surface area contributed by atoms with E-state index in [0.29, 0.717) is 12.6 Å². The molecule has 3 aromatic rings. The lowest BCUT2D eigenvalue weighted by molar-refractivity contribution is -0.0118. The van der Waals surface area contributed by atoms with Gasteiger partial charge in [-0.25, -0.2) is 8.78 Å². The molecule has 4 rings (SSSR count). The highest BCUT2D eigenvalue weighted by Gasteiger charge is 2.20. The molecule has 0 unspecified atom stereocenters. The van der Waals surface area contributed by atoms with E-state index in [4.69, 9.17) is 4.84 Å². The molecule has 1 aromatic heterocycles. The zero-order valence-corrected chi connectivity index (χ0v) is 18.8. The van der Waals surface area contributed by atoms with E-state index >= 15 is 0 Å². The third-order valence-corrected chi connectivity index (χ3v) is 6.34. The summed E-state index contributed by atoms with van der Waals surface area (Å²) in [4.78, 5) is 12.2. The van der Waals surface area contributed by atoms with E-state index in [0.717, 1.165) is 62.0 Å². The number of pyridine rings is 1. The topological polar surface area (TPSA) is 37.4 Å². The van der Waals surface area contributed by atoms with Crippen LogP contribution in [0.15, 0.2) is 73.1 Å². The third-order valence-electron chi connectivity index (χ3n) is 6.34. The van der Waals surface area contributed by atoms with Crippen molar-refractivity contribution in [3.05, 3.63) is 101 Å². The number of nitrogens with one attached hydrogen (secondary N) is 1. The molecule has 0 bridgehead atoms. The molecule has 1 aliphatic heterocycles. The largest absolute Gasteiger partial charge is 0.303 e. The molecule has 1 fully saturated rings. The maximum atomic E-state index is 13.4. The fourth-order valence-corrected chi connectivity index (χ4v) is 4.43. The number of nitrogens with zero attached hydrogens (tertiary/aromatic N) is 2. The van der Waals surface area contributed by atoms with Crippen molar-refractivity contribution < 1.29 is 13.6 Å². The summed E-state index contributed by atoms with van der Waals surface area (Å²) in [5.74, 6) is -0.345. The van der Waals surface area contributed by atoms with Crippen LogP contribution in [0.2, 0.25) is 0 Å². The van der Waals surface area contributed by atoms with E-state index in [9.17, 15) is 8.78 Å². The fraction of sp³-hybridized carbons (Fsp3) is 0.370. The number of likely N-dealkylation sites (tertiary alicyclic amines) is 1. The van der Waals surface area contributed by atoms with Crippen LogP contribution >= 0.6 is 0 Å². The van der Waals surface area contributed by atoms with E-state index < -0.39 is 0 Å². The summed E-state index contributed by atoms with van der Waals surface area (Å²) in [5, 5.41) is 0. The van der Waals surface area contributed by atoms with Gasteiger partial charge in [0.2, 0.25) is 0 Å². The number of hydrogen-bond acceptors (Lipinski definition) is 4. The van der Waals surface area contributed by atoms with Gasteiger partial charge in [0.1, 0.15) is 11.6 Å². The lowest BCUT2D eigenvalue weighted by Crippen LogP contribution is -2.42. The Bertz CT molecular complexity index is 913. The van der Waals surface area contributed by atoms with Crippen LogP contribution in [0.5, 0.6) is 0 Å². The fourth-order valence-electron chi connectivity index (χ4n) is 4.43. The van der Waals surface area contributed by atoms with Crippen molar-refractivity contribution in [3.63, 3.8) is 0 Å². The number of benzene rings is 2. The molecule has 2 heterocycles. The Morgan fingerprint density at radius 3 is 2.03 bits per heavy atom. The van der Waals surface area contributed by atoms with Gasteiger partial charge in [-0.15, -0.1) is 0 Å². The van der Waals surface area contributed by atoms with Crippen molar-refractivity contribution in [1.82, 2.24) is 15.4 Å². The molecule has 2 aromatic carbocycles. The van der Waals surface area contributed by atoms with Gasteiger partial charge in [0, 0.05) is 24.4 Å². The number of piperidine rings is 1. The van der Waals surface area contributed by atoms with Crippen molar-refractivity contribution in [3.8, 4) is 0 Å². The van der Waals surface area contributed by atoms with Crippen molar-refractivity contribution in [2.75, 3.05) is 19.6 Å². The van der Waals surface area contributed by atoms with Gasteiger partial charge < -0.3 is 4.90 Å². The first-order valence-electron chi connectivity index (χ1n) is 11.7. The average molecular weight is 452 g/mol. The van der Waals surface area contributed by atoms with Gasteiger partial charge in [0.05, 0.1) is 6.61 Å². The van der Waals surface area contributed by atoms with Crippen molar-refractivity contribution in [1.29, 1.82) is 0 Å². The molecule has 1 N–H and O–H groups in total. The van der Waals surface area contributed by atoms with Crippen molar-refractivity contribution >= 4 is 0 Å². The Hall–Kier alpha value is -2.67. The monoisotopic (exact) mass is 451 g/mol. The first kappa shape index (κ1) is 23.5. The summed E-state index contributed by atoms with van der Waals surface area (Å²) >= 11 is 0. The van der Waals surface area contributed by atoms with Crippen molar-refractivity contribution in [2.45, 2.75) is 44.2 Å². The molecule has 6 heteroatoms. The lowest BCUT2D eigenvalue weighted by atomic mass is 9.87. The Morgan fingerprint density at radius 1 is 0.879 bits per heavy atom. The molecule has 1 saturated heterocycles. The van der Waals surface area contributed by atoms with Crippen LogP contribution in [0.4, 0.5) is 8.78 Å². The van der Waals surface area contributed by atoms with Gasteiger partial charge in [0.15, 0.2) is 0 Å². The average Bonchev–Trinajstić information content (AvgIpc) is 2.85. The van der Waals surface area contributed by atoms with Crippen LogP contribution in [0.3, 0.4) is 0 Å². The summed E-state index contributed by atoms with van der Waals surface area (Å²) in [5.41, 5.74) is 6.45. The first-order chi connectivity index (χ1) is 16.2. The molecule has 0 amide bonds. The minimum Gasteiger partial charge on any atom is -0.303 e. The Labute approximate surface area is 194 Å². The van der Waals surface area contributed by atoms with Crippen LogP contribution in [0, 0.1) is 11.6 Å². The SMILES string of the molecule is Fc1ccc(C(CCCN2CCC(NOCc3ccncc3)CC2)c2ccc(F)cc2)cc1. The summed E-state index contributed by atoms with van der Waals surface area (Å²) in [7, 11) is 0. The van der Waals surface area contributed by atoms with Crippen LogP contribution < -0.4 is 5.48 Å². The number of hydroxylamine groups is 1. The Balaban J connectivity index is 1.22. The van der Waals surface area contributed by atoms with E-state index in [1.165, 1.54) is 24.3 Å². The molecule has 4 nitrogen and oxygen atoms in total. The first-order valence-corrected chi connectivity index (χ1v) is 11.7. The number of rotatable bonds is 10. The lowest BCUT2D eigenvalue weighted by Gasteiger charge is -2.32.